The zero-order valence-electron chi connectivity index (χ0n) is 17.5. The van der Waals surface area contributed by atoms with Gasteiger partial charge in [-0.2, -0.15) is 0 Å². The summed E-state index contributed by atoms with van der Waals surface area (Å²) in [6, 6.07) is 15.6. The molecule has 6 rings (SSSR count). The van der Waals surface area contributed by atoms with E-state index < -0.39 is 0 Å². The monoisotopic (exact) mass is 377 g/mol. The third-order valence-corrected chi connectivity index (χ3v) is 6.27. The average molecular weight is 377 g/mol. The van der Waals surface area contributed by atoms with E-state index in [1.54, 1.807) is 6.33 Å². The summed E-state index contributed by atoms with van der Waals surface area (Å²) in [7, 11) is 0. The van der Waals surface area contributed by atoms with Gasteiger partial charge in [0.2, 0.25) is 0 Å². The molecule has 0 saturated heterocycles. The van der Waals surface area contributed by atoms with E-state index in [9.17, 15) is 0 Å². The molecular formula is C26H23N3. The minimum Gasteiger partial charge on any atom is -0.308 e. The zero-order valence-corrected chi connectivity index (χ0v) is 17.5. The quantitative estimate of drug-likeness (QED) is 0.218. The third kappa shape index (κ3) is 2.02. The Morgan fingerprint density at radius 2 is 1.62 bits per heavy atom. The summed E-state index contributed by atoms with van der Waals surface area (Å²) < 4.78 is 2.46. The van der Waals surface area contributed by atoms with Crippen LogP contribution in [0.15, 0.2) is 48.8 Å². The van der Waals surface area contributed by atoms with Crippen LogP contribution in [0.5, 0.6) is 0 Å². The molecule has 0 bridgehead atoms. The number of hydrogen-bond acceptors (Lipinski definition) is 2. The summed E-state index contributed by atoms with van der Waals surface area (Å²) in [5, 5.41) is 5.01. The molecule has 0 radical (unpaired) electrons. The van der Waals surface area contributed by atoms with Crippen LogP contribution in [-0.2, 0) is 5.41 Å². The Kier molecular flexibility index (Phi) is 3.02. The number of pyridine rings is 1. The minimum absolute atomic E-state index is 0.0108. The van der Waals surface area contributed by atoms with Crippen molar-refractivity contribution in [3.05, 3.63) is 65.5 Å². The molecule has 0 aliphatic carbocycles. The predicted octanol–water partition coefficient (Wildman–Crippen LogP) is 6.69. The number of rotatable bonds is 0. The largest absolute Gasteiger partial charge is 0.308 e. The van der Waals surface area contributed by atoms with Crippen LogP contribution < -0.4 is 0 Å². The third-order valence-electron chi connectivity index (χ3n) is 6.27. The zero-order chi connectivity index (χ0) is 20.1. The summed E-state index contributed by atoms with van der Waals surface area (Å²) in [6.45, 7) is 11.2. The Balaban J connectivity index is 2.11. The molecule has 3 aromatic heterocycles. The Morgan fingerprint density at radius 1 is 0.828 bits per heavy atom. The smallest absolute Gasteiger partial charge is 0.116 e. The standard InChI is InChI=1S/C26H23N3/c1-14-10-15(2)24-17(11-14)23-22-19(27-13-28-23)12-18(26(3,4)5)21-16-8-6-7-9-20(16)29(24)25(21)22/h6-13H,1-5H3. The van der Waals surface area contributed by atoms with Crippen LogP contribution in [0.3, 0.4) is 0 Å². The van der Waals surface area contributed by atoms with Gasteiger partial charge in [0.05, 0.1) is 33.0 Å². The maximum Gasteiger partial charge on any atom is 0.116 e. The fraction of sp³-hybridized carbons (Fsp3) is 0.231. The maximum absolute atomic E-state index is 4.78. The van der Waals surface area contributed by atoms with Crippen molar-refractivity contribution < 1.29 is 0 Å². The van der Waals surface area contributed by atoms with Crippen molar-refractivity contribution in [2.24, 2.45) is 0 Å². The molecule has 3 aromatic carbocycles. The van der Waals surface area contributed by atoms with Gasteiger partial charge in [-0.3, -0.25) is 0 Å². The van der Waals surface area contributed by atoms with Gasteiger partial charge >= 0.3 is 0 Å². The van der Waals surface area contributed by atoms with E-state index in [1.165, 1.54) is 54.8 Å². The van der Waals surface area contributed by atoms with Crippen molar-refractivity contribution in [1.82, 2.24) is 14.4 Å². The van der Waals surface area contributed by atoms with Crippen LogP contribution in [0, 0.1) is 13.8 Å². The van der Waals surface area contributed by atoms with Gasteiger partial charge in [-0.05, 0) is 48.6 Å². The number of benzene rings is 3. The molecule has 0 unspecified atom stereocenters. The highest BCUT2D eigenvalue weighted by molar-refractivity contribution is 6.28. The molecule has 0 saturated carbocycles. The fourth-order valence-electron chi connectivity index (χ4n) is 5.17. The van der Waals surface area contributed by atoms with Crippen LogP contribution in [0.2, 0.25) is 0 Å². The summed E-state index contributed by atoms with van der Waals surface area (Å²) in [6.07, 6.45) is 1.72. The number of nitrogens with zero attached hydrogens (tertiary/aromatic N) is 3. The number of hydrogen-bond donors (Lipinski definition) is 0. The number of aryl methyl sites for hydroxylation is 2. The molecule has 0 amide bonds. The van der Waals surface area contributed by atoms with E-state index in [2.05, 4.69) is 81.5 Å². The predicted molar refractivity (Wildman–Crippen MR) is 122 cm³/mol. The molecule has 0 atom stereocenters. The topological polar surface area (TPSA) is 30.2 Å². The van der Waals surface area contributed by atoms with Crippen LogP contribution in [-0.4, -0.2) is 14.4 Å². The molecule has 3 nitrogen and oxygen atoms in total. The first-order valence-corrected chi connectivity index (χ1v) is 10.2. The van der Waals surface area contributed by atoms with E-state index in [4.69, 9.17) is 9.97 Å². The number of aromatic nitrogens is 3. The highest BCUT2D eigenvalue weighted by Crippen LogP contribution is 2.45. The van der Waals surface area contributed by atoms with E-state index in [0.29, 0.717) is 0 Å². The number of para-hydroxylation sites is 1. The van der Waals surface area contributed by atoms with Gasteiger partial charge in [0.25, 0.3) is 0 Å². The van der Waals surface area contributed by atoms with Crippen LogP contribution >= 0.6 is 0 Å². The van der Waals surface area contributed by atoms with Crippen molar-refractivity contribution >= 4 is 49.1 Å². The van der Waals surface area contributed by atoms with Crippen molar-refractivity contribution in [3.63, 3.8) is 0 Å². The van der Waals surface area contributed by atoms with E-state index >= 15 is 0 Å². The summed E-state index contributed by atoms with van der Waals surface area (Å²) in [5.74, 6) is 0. The Bertz CT molecular complexity index is 1600. The highest BCUT2D eigenvalue weighted by Gasteiger charge is 2.26. The first-order chi connectivity index (χ1) is 13.9. The fourth-order valence-corrected chi connectivity index (χ4v) is 5.17. The second-order valence-electron chi connectivity index (χ2n) is 9.34. The molecule has 6 aromatic rings. The Labute approximate surface area is 169 Å². The Hall–Kier alpha value is -3.20. The maximum atomic E-state index is 4.78. The molecule has 142 valence electrons. The van der Waals surface area contributed by atoms with Crippen LogP contribution in [0.4, 0.5) is 0 Å². The molecule has 0 aliphatic heterocycles. The van der Waals surface area contributed by atoms with Crippen molar-refractivity contribution in [1.29, 1.82) is 0 Å². The van der Waals surface area contributed by atoms with E-state index in [-0.39, 0.29) is 5.41 Å². The van der Waals surface area contributed by atoms with Gasteiger partial charge in [0.15, 0.2) is 0 Å². The Morgan fingerprint density at radius 3 is 2.41 bits per heavy atom. The lowest BCUT2D eigenvalue weighted by Gasteiger charge is -2.22. The first kappa shape index (κ1) is 16.7. The van der Waals surface area contributed by atoms with Gasteiger partial charge in [-0.25, -0.2) is 9.97 Å². The molecule has 3 heteroatoms. The lowest BCUT2D eigenvalue weighted by Crippen LogP contribution is -2.12. The molecule has 0 spiro atoms. The molecule has 29 heavy (non-hydrogen) atoms. The highest BCUT2D eigenvalue weighted by atomic mass is 14.9. The first-order valence-electron chi connectivity index (χ1n) is 10.2. The van der Waals surface area contributed by atoms with E-state index in [0.717, 1.165) is 11.0 Å². The van der Waals surface area contributed by atoms with Crippen molar-refractivity contribution in [2.45, 2.75) is 40.0 Å². The van der Waals surface area contributed by atoms with Gasteiger partial charge < -0.3 is 4.40 Å². The van der Waals surface area contributed by atoms with Gasteiger partial charge in [0, 0.05) is 16.2 Å². The van der Waals surface area contributed by atoms with Gasteiger partial charge in [0.1, 0.15) is 6.33 Å². The van der Waals surface area contributed by atoms with Crippen molar-refractivity contribution in [3.8, 4) is 0 Å². The summed E-state index contributed by atoms with van der Waals surface area (Å²) in [4.78, 5) is 9.49. The van der Waals surface area contributed by atoms with Crippen molar-refractivity contribution in [2.75, 3.05) is 0 Å². The van der Waals surface area contributed by atoms with Gasteiger partial charge in [-0.1, -0.05) is 50.6 Å². The lowest BCUT2D eigenvalue weighted by atomic mass is 9.83. The van der Waals surface area contributed by atoms with E-state index in [1.807, 2.05) is 0 Å². The molecule has 0 N–H and O–H groups in total. The summed E-state index contributed by atoms with van der Waals surface area (Å²) >= 11 is 0. The second kappa shape index (κ2) is 5.24. The van der Waals surface area contributed by atoms with Crippen LogP contribution in [0.25, 0.3) is 49.1 Å². The molecule has 0 fully saturated rings. The lowest BCUT2D eigenvalue weighted by molar-refractivity contribution is 0.597. The molecular weight excluding hydrogens is 354 g/mol. The second-order valence-corrected chi connectivity index (χ2v) is 9.34. The van der Waals surface area contributed by atoms with Crippen LogP contribution in [0.1, 0.15) is 37.5 Å². The SMILES string of the molecule is Cc1cc(C)c2c(c1)c1ncnc3cc(C(C)(C)C)c4c5ccccc5n2c4c31. The molecule has 0 aliphatic rings. The minimum atomic E-state index is 0.0108. The summed E-state index contributed by atoms with van der Waals surface area (Å²) in [5.41, 5.74) is 9.73. The molecule has 3 heterocycles. The normalized spacial score (nSPS) is 13.0. The number of fused-ring (bicyclic) bond motifs is 6. The average Bonchev–Trinajstić information content (AvgIpc) is 3.01. The van der Waals surface area contributed by atoms with Gasteiger partial charge in [-0.15, -0.1) is 0 Å².